The fraction of sp³-hybridized carbons (Fsp3) is 0.188. The lowest BCUT2D eigenvalue weighted by atomic mass is 10.1. The van der Waals surface area contributed by atoms with Crippen LogP contribution < -0.4 is 11.1 Å². The van der Waals surface area contributed by atoms with Crippen molar-refractivity contribution in [2.45, 2.75) is 19.8 Å². The fourth-order valence-electron chi connectivity index (χ4n) is 2.24. The first-order valence-electron chi connectivity index (χ1n) is 7.22. The SMILES string of the molecule is CC(=O)Nc1nc(CCc2ccc(-c3cnc(N)[nH]3)cc2)cs1.Cl. The number of amides is 1. The summed E-state index contributed by atoms with van der Waals surface area (Å²) in [7, 11) is 0. The average Bonchev–Trinajstić information content (AvgIpc) is 3.14. The number of carbonyl (C=O) groups excluding carboxylic acids is 1. The van der Waals surface area contributed by atoms with Crippen molar-refractivity contribution in [3.05, 3.63) is 47.1 Å². The van der Waals surface area contributed by atoms with Gasteiger partial charge in [0.05, 0.1) is 17.6 Å². The Balaban J connectivity index is 0.00000208. The highest BCUT2D eigenvalue weighted by Gasteiger charge is 2.05. The molecule has 2 heterocycles. The minimum Gasteiger partial charge on any atom is -0.369 e. The second-order valence-corrected chi connectivity index (χ2v) is 6.06. The van der Waals surface area contributed by atoms with E-state index in [1.165, 1.54) is 23.8 Å². The standard InChI is InChI=1S/C16H17N5OS.ClH/c1-10(22)19-16-20-13(9-23-16)7-4-11-2-5-12(6-3-11)14-8-18-15(17)21-14;/h2-3,5-6,8-9H,4,7H2,1H3,(H3,17,18,21)(H,19,20,22);1H. The molecule has 3 aromatic rings. The number of aromatic nitrogens is 3. The Hall–Kier alpha value is -2.38. The van der Waals surface area contributed by atoms with E-state index in [1.54, 1.807) is 6.20 Å². The quantitative estimate of drug-likeness (QED) is 0.648. The number of imidazole rings is 1. The molecule has 0 saturated carbocycles. The number of halogens is 1. The van der Waals surface area contributed by atoms with Crippen molar-refractivity contribution < 1.29 is 4.79 Å². The molecule has 0 spiro atoms. The molecule has 0 bridgehead atoms. The molecule has 24 heavy (non-hydrogen) atoms. The number of nitrogens with one attached hydrogen (secondary N) is 2. The molecule has 0 saturated heterocycles. The number of hydrogen-bond donors (Lipinski definition) is 3. The molecule has 0 radical (unpaired) electrons. The van der Waals surface area contributed by atoms with E-state index in [-0.39, 0.29) is 18.3 Å². The zero-order valence-electron chi connectivity index (χ0n) is 13.1. The summed E-state index contributed by atoms with van der Waals surface area (Å²) < 4.78 is 0. The highest BCUT2D eigenvalue weighted by Crippen LogP contribution is 2.20. The first kappa shape index (κ1) is 18.0. The number of thiazole rings is 1. The van der Waals surface area contributed by atoms with Crippen LogP contribution in [0.15, 0.2) is 35.8 Å². The van der Waals surface area contributed by atoms with Crippen LogP contribution in [0.4, 0.5) is 11.1 Å². The van der Waals surface area contributed by atoms with Crippen molar-refractivity contribution in [1.82, 2.24) is 15.0 Å². The van der Waals surface area contributed by atoms with Crippen LogP contribution in [0.25, 0.3) is 11.3 Å². The number of nitrogens with zero attached hydrogens (tertiary/aromatic N) is 2. The highest BCUT2D eigenvalue weighted by atomic mass is 35.5. The molecule has 0 unspecified atom stereocenters. The van der Waals surface area contributed by atoms with E-state index in [2.05, 4.69) is 32.4 Å². The van der Waals surface area contributed by atoms with Crippen molar-refractivity contribution in [1.29, 1.82) is 0 Å². The molecule has 0 aliphatic rings. The predicted molar refractivity (Wildman–Crippen MR) is 99.5 cm³/mol. The van der Waals surface area contributed by atoms with E-state index >= 15 is 0 Å². The van der Waals surface area contributed by atoms with Gasteiger partial charge in [-0.3, -0.25) is 4.79 Å². The Labute approximate surface area is 149 Å². The molecule has 6 nitrogen and oxygen atoms in total. The maximum atomic E-state index is 11.0. The number of rotatable bonds is 5. The molecule has 0 aliphatic carbocycles. The van der Waals surface area contributed by atoms with E-state index in [0.717, 1.165) is 29.8 Å². The van der Waals surface area contributed by atoms with E-state index < -0.39 is 0 Å². The molecule has 4 N–H and O–H groups in total. The van der Waals surface area contributed by atoms with E-state index in [0.29, 0.717) is 11.1 Å². The molecule has 0 aliphatic heterocycles. The number of benzene rings is 1. The highest BCUT2D eigenvalue weighted by molar-refractivity contribution is 7.13. The largest absolute Gasteiger partial charge is 0.369 e. The van der Waals surface area contributed by atoms with Crippen molar-refractivity contribution in [3.63, 3.8) is 0 Å². The Bertz CT molecular complexity index is 812. The molecule has 1 amide bonds. The van der Waals surface area contributed by atoms with Gasteiger partial charge in [-0.05, 0) is 24.0 Å². The van der Waals surface area contributed by atoms with E-state index in [9.17, 15) is 4.79 Å². The van der Waals surface area contributed by atoms with Crippen LogP contribution in [0.3, 0.4) is 0 Å². The van der Waals surface area contributed by atoms with Gasteiger partial charge in [-0.1, -0.05) is 24.3 Å². The molecule has 1 aromatic carbocycles. The lowest BCUT2D eigenvalue weighted by Gasteiger charge is -2.02. The zero-order valence-corrected chi connectivity index (χ0v) is 14.7. The molecule has 2 aromatic heterocycles. The normalized spacial score (nSPS) is 10.2. The molecular weight excluding hydrogens is 346 g/mol. The molecular formula is C16H18ClN5OS. The number of nitrogens with two attached hydrogens (primary N) is 1. The summed E-state index contributed by atoms with van der Waals surface area (Å²) in [4.78, 5) is 22.4. The van der Waals surface area contributed by atoms with Gasteiger partial charge in [-0.2, -0.15) is 0 Å². The molecule has 0 fully saturated rings. The number of anilines is 2. The fourth-order valence-corrected chi connectivity index (χ4v) is 3.03. The summed E-state index contributed by atoms with van der Waals surface area (Å²) in [6, 6.07) is 8.28. The van der Waals surface area contributed by atoms with Crippen LogP contribution >= 0.6 is 23.7 Å². The van der Waals surface area contributed by atoms with Crippen LogP contribution in [-0.4, -0.2) is 20.9 Å². The summed E-state index contributed by atoms with van der Waals surface area (Å²) in [6.07, 6.45) is 3.46. The average molecular weight is 364 g/mol. The van der Waals surface area contributed by atoms with Gasteiger partial charge >= 0.3 is 0 Å². The number of aromatic amines is 1. The second kappa shape index (κ2) is 7.94. The first-order chi connectivity index (χ1) is 11.1. The van der Waals surface area contributed by atoms with Gasteiger partial charge in [-0.25, -0.2) is 9.97 Å². The summed E-state index contributed by atoms with van der Waals surface area (Å²) >= 11 is 1.45. The summed E-state index contributed by atoms with van der Waals surface area (Å²) in [5.41, 5.74) is 9.78. The third-order valence-corrected chi connectivity index (χ3v) is 4.17. The zero-order chi connectivity index (χ0) is 16.2. The lowest BCUT2D eigenvalue weighted by Crippen LogP contribution is -2.05. The Kier molecular flexibility index (Phi) is 5.94. The van der Waals surface area contributed by atoms with E-state index in [1.807, 2.05) is 17.5 Å². The maximum absolute atomic E-state index is 11.0. The summed E-state index contributed by atoms with van der Waals surface area (Å²) in [6.45, 7) is 1.48. The van der Waals surface area contributed by atoms with Gasteiger partial charge in [0.15, 0.2) is 11.1 Å². The maximum Gasteiger partial charge on any atom is 0.223 e. The van der Waals surface area contributed by atoms with Crippen LogP contribution in [0.2, 0.25) is 0 Å². The number of hydrogen-bond acceptors (Lipinski definition) is 5. The van der Waals surface area contributed by atoms with Crippen molar-refractivity contribution >= 4 is 40.7 Å². The number of aryl methyl sites for hydroxylation is 2. The van der Waals surface area contributed by atoms with Crippen LogP contribution in [0.5, 0.6) is 0 Å². The summed E-state index contributed by atoms with van der Waals surface area (Å²) in [5, 5.41) is 5.33. The van der Waals surface area contributed by atoms with Gasteiger partial charge in [0.1, 0.15) is 0 Å². The minimum atomic E-state index is -0.0964. The van der Waals surface area contributed by atoms with E-state index in [4.69, 9.17) is 5.73 Å². The monoisotopic (exact) mass is 363 g/mol. The number of nitrogen functional groups attached to an aromatic ring is 1. The molecule has 126 valence electrons. The topological polar surface area (TPSA) is 96.7 Å². The second-order valence-electron chi connectivity index (χ2n) is 5.20. The van der Waals surface area contributed by atoms with Crippen LogP contribution in [-0.2, 0) is 17.6 Å². The first-order valence-corrected chi connectivity index (χ1v) is 8.10. The Morgan fingerprint density at radius 3 is 2.67 bits per heavy atom. The van der Waals surface area contributed by atoms with Gasteiger partial charge in [0.2, 0.25) is 5.91 Å². The van der Waals surface area contributed by atoms with Gasteiger partial charge in [0, 0.05) is 12.3 Å². The molecule has 8 heteroatoms. The number of H-pyrrole nitrogens is 1. The van der Waals surface area contributed by atoms with Crippen LogP contribution in [0, 0.1) is 0 Å². The van der Waals surface area contributed by atoms with Gasteiger partial charge in [0.25, 0.3) is 0 Å². The van der Waals surface area contributed by atoms with Crippen LogP contribution in [0.1, 0.15) is 18.2 Å². The van der Waals surface area contributed by atoms with Gasteiger partial charge in [-0.15, -0.1) is 23.7 Å². The minimum absolute atomic E-state index is 0. The van der Waals surface area contributed by atoms with Crippen molar-refractivity contribution in [2.75, 3.05) is 11.1 Å². The smallest absolute Gasteiger partial charge is 0.223 e. The molecule has 3 rings (SSSR count). The Morgan fingerprint density at radius 2 is 2.04 bits per heavy atom. The van der Waals surface area contributed by atoms with Gasteiger partial charge < -0.3 is 16.0 Å². The predicted octanol–water partition coefficient (Wildman–Crippen LogP) is 3.28. The third kappa shape index (κ3) is 4.56. The van der Waals surface area contributed by atoms with Crippen molar-refractivity contribution in [2.24, 2.45) is 0 Å². The molecule has 0 atom stereocenters. The lowest BCUT2D eigenvalue weighted by molar-refractivity contribution is -0.114. The number of carbonyl (C=O) groups is 1. The van der Waals surface area contributed by atoms with Crippen molar-refractivity contribution in [3.8, 4) is 11.3 Å². The Morgan fingerprint density at radius 1 is 1.29 bits per heavy atom. The third-order valence-electron chi connectivity index (χ3n) is 3.36. The summed E-state index contributed by atoms with van der Waals surface area (Å²) in [5.74, 6) is 0.323.